The highest BCUT2D eigenvalue weighted by Gasteiger charge is 2.20. The molecule has 0 unspecified atom stereocenters. The molecule has 7 aromatic rings. The van der Waals surface area contributed by atoms with Crippen LogP contribution in [0.4, 0.5) is 0 Å². The van der Waals surface area contributed by atoms with Crippen LogP contribution >= 0.6 is 0 Å². The highest BCUT2D eigenvalue weighted by Crippen LogP contribution is 2.38. The molecule has 0 saturated carbocycles. The zero-order valence-electron chi connectivity index (χ0n) is 37.6. The second kappa shape index (κ2) is 17.0. The van der Waals surface area contributed by atoms with E-state index in [1.807, 2.05) is 0 Å². The summed E-state index contributed by atoms with van der Waals surface area (Å²) >= 11 is 0. The van der Waals surface area contributed by atoms with E-state index in [0.717, 1.165) is 29.1 Å². The van der Waals surface area contributed by atoms with E-state index < -0.39 is 0 Å². The average molecular weight is 777 g/mol. The van der Waals surface area contributed by atoms with Crippen molar-refractivity contribution in [3.05, 3.63) is 166 Å². The summed E-state index contributed by atoms with van der Waals surface area (Å²) in [5, 5.41) is 0. The molecule has 6 aromatic carbocycles. The van der Waals surface area contributed by atoms with Crippen LogP contribution in [0, 0.1) is 27.7 Å². The Morgan fingerprint density at radius 3 is 1.47 bits per heavy atom. The molecule has 0 spiro atoms. The van der Waals surface area contributed by atoms with Crippen molar-refractivity contribution in [1.82, 2.24) is 9.55 Å². The van der Waals surface area contributed by atoms with Gasteiger partial charge in [-0.3, -0.25) is 4.57 Å². The summed E-state index contributed by atoms with van der Waals surface area (Å²) in [7, 11) is 0. The Morgan fingerprint density at radius 1 is 0.475 bits per heavy atom. The predicted molar refractivity (Wildman–Crippen MR) is 255 cm³/mol. The van der Waals surface area contributed by atoms with E-state index in [0.29, 0.717) is 0 Å². The summed E-state index contributed by atoms with van der Waals surface area (Å²) in [4.78, 5) is 5.47. The van der Waals surface area contributed by atoms with E-state index in [1.54, 1.807) is 0 Å². The standard InChI is InChI=1S/C57H64N2/c1-12-13-14-15-17-42-31-40(4)54(41(5)32-42)59-37-53(50-29-38(2)28-39(3)30-50)58-55(59)46-19-16-18-45(33-46)49-35-47(43-20-24-51(25-21-43)56(6,7)8)34-48(36-49)44-22-26-52(27-23-44)57(9,10)11/h16,18-37H,12-15,17H2,1-11H3. The number of nitrogens with zero attached hydrogens (tertiary/aromatic N) is 2. The van der Waals surface area contributed by atoms with Crippen molar-refractivity contribution in [3.8, 4) is 61.7 Å². The van der Waals surface area contributed by atoms with Crippen molar-refractivity contribution in [2.45, 2.75) is 119 Å². The summed E-state index contributed by atoms with van der Waals surface area (Å²) in [6.07, 6.45) is 8.46. The van der Waals surface area contributed by atoms with E-state index in [-0.39, 0.29) is 10.8 Å². The van der Waals surface area contributed by atoms with Gasteiger partial charge in [0.15, 0.2) is 0 Å². The summed E-state index contributed by atoms with van der Waals surface area (Å²) in [6, 6.07) is 45.9. The lowest BCUT2D eigenvalue weighted by Crippen LogP contribution is -2.10. The van der Waals surface area contributed by atoms with Crippen molar-refractivity contribution in [1.29, 1.82) is 0 Å². The van der Waals surface area contributed by atoms with Gasteiger partial charge in [-0.05, 0) is 149 Å². The highest BCUT2D eigenvalue weighted by atomic mass is 15.1. The van der Waals surface area contributed by atoms with Crippen molar-refractivity contribution in [3.63, 3.8) is 0 Å². The van der Waals surface area contributed by atoms with E-state index in [2.05, 4.69) is 208 Å². The lowest BCUT2D eigenvalue weighted by atomic mass is 9.85. The third-order valence-corrected chi connectivity index (χ3v) is 11.9. The van der Waals surface area contributed by atoms with Gasteiger partial charge in [-0.25, -0.2) is 4.98 Å². The van der Waals surface area contributed by atoms with Gasteiger partial charge in [-0.1, -0.05) is 164 Å². The number of benzene rings is 6. The molecular weight excluding hydrogens is 713 g/mol. The lowest BCUT2D eigenvalue weighted by Gasteiger charge is -2.20. The third kappa shape index (κ3) is 9.55. The van der Waals surface area contributed by atoms with Crippen LogP contribution in [-0.4, -0.2) is 9.55 Å². The third-order valence-electron chi connectivity index (χ3n) is 11.9. The number of imidazole rings is 1. The minimum absolute atomic E-state index is 0.0951. The van der Waals surface area contributed by atoms with Gasteiger partial charge < -0.3 is 0 Å². The SMILES string of the molecule is CCCCCCc1cc(C)c(-n2cc(-c3cc(C)cc(C)c3)nc2-c2cccc(-c3cc(-c4ccc(C(C)(C)C)cc4)cc(-c4ccc(C(C)(C)C)cc4)c3)c2)c(C)c1. The first kappa shape index (κ1) is 41.7. The van der Waals surface area contributed by atoms with Gasteiger partial charge in [0.1, 0.15) is 5.82 Å². The molecule has 59 heavy (non-hydrogen) atoms. The molecule has 0 atom stereocenters. The first-order valence-corrected chi connectivity index (χ1v) is 21.8. The Hall–Kier alpha value is -5.47. The molecule has 1 heterocycles. The minimum Gasteiger partial charge on any atom is -0.299 e. The van der Waals surface area contributed by atoms with Crippen molar-refractivity contribution >= 4 is 0 Å². The molecule has 7 rings (SSSR count). The van der Waals surface area contributed by atoms with Crippen LogP contribution in [0.1, 0.15) is 113 Å². The van der Waals surface area contributed by atoms with Gasteiger partial charge in [0, 0.05) is 17.3 Å². The molecule has 0 amide bonds. The molecule has 0 aliphatic heterocycles. The van der Waals surface area contributed by atoms with Gasteiger partial charge in [0.25, 0.3) is 0 Å². The number of aromatic nitrogens is 2. The second-order valence-electron chi connectivity index (χ2n) is 19.1. The quantitative estimate of drug-likeness (QED) is 0.120. The van der Waals surface area contributed by atoms with Crippen LogP contribution in [0.2, 0.25) is 0 Å². The summed E-state index contributed by atoms with van der Waals surface area (Å²) < 4.78 is 2.35. The minimum atomic E-state index is 0.0951. The first-order valence-electron chi connectivity index (χ1n) is 21.8. The van der Waals surface area contributed by atoms with Gasteiger partial charge in [0.2, 0.25) is 0 Å². The Morgan fingerprint density at radius 2 is 0.966 bits per heavy atom. The van der Waals surface area contributed by atoms with Crippen molar-refractivity contribution in [2.75, 3.05) is 0 Å². The van der Waals surface area contributed by atoms with Crippen LogP contribution in [0.15, 0.2) is 128 Å². The number of unbranched alkanes of at least 4 members (excludes halogenated alkanes) is 3. The second-order valence-corrected chi connectivity index (χ2v) is 19.1. The maximum Gasteiger partial charge on any atom is 0.145 e. The average Bonchev–Trinajstić information content (AvgIpc) is 3.63. The first-order chi connectivity index (χ1) is 28.1. The maximum atomic E-state index is 5.47. The molecular formula is C57H64N2. The van der Waals surface area contributed by atoms with Gasteiger partial charge in [-0.2, -0.15) is 0 Å². The fourth-order valence-corrected chi connectivity index (χ4v) is 8.63. The number of hydrogen-bond acceptors (Lipinski definition) is 1. The number of rotatable bonds is 11. The van der Waals surface area contributed by atoms with Crippen LogP contribution in [0.5, 0.6) is 0 Å². The van der Waals surface area contributed by atoms with E-state index in [4.69, 9.17) is 4.98 Å². The summed E-state index contributed by atoms with van der Waals surface area (Å²) in [6.45, 7) is 24.8. The van der Waals surface area contributed by atoms with Gasteiger partial charge in [0.05, 0.1) is 11.4 Å². The van der Waals surface area contributed by atoms with Crippen LogP contribution in [-0.2, 0) is 17.3 Å². The van der Waals surface area contributed by atoms with Crippen LogP contribution < -0.4 is 0 Å². The Kier molecular flexibility index (Phi) is 12.0. The van der Waals surface area contributed by atoms with E-state index in [1.165, 1.54) is 104 Å². The molecule has 1 aromatic heterocycles. The molecule has 2 heteroatoms. The Labute approximate surface area is 355 Å². The normalized spacial score (nSPS) is 12.0. The molecule has 0 aliphatic rings. The molecule has 0 aliphatic carbocycles. The Bertz CT molecular complexity index is 2450. The Balaban J connectivity index is 1.37. The highest BCUT2D eigenvalue weighted by molar-refractivity contribution is 5.83. The fraction of sp³-hybridized carbons (Fsp3) is 0.316. The van der Waals surface area contributed by atoms with Crippen molar-refractivity contribution < 1.29 is 0 Å². The maximum absolute atomic E-state index is 5.47. The topological polar surface area (TPSA) is 17.8 Å². The largest absolute Gasteiger partial charge is 0.299 e. The van der Waals surface area contributed by atoms with E-state index in [9.17, 15) is 0 Å². The lowest BCUT2D eigenvalue weighted by molar-refractivity contribution is 0.590. The van der Waals surface area contributed by atoms with Crippen LogP contribution in [0.3, 0.4) is 0 Å². The molecule has 302 valence electrons. The van der Waals surface area contributed by atoms with Crippen molar-refractivity contribution in [2.24, 2.45) is 0 Å². The zero-order chi connectivity index (χ0) is 42.1. The van der Waals surface area contributed by atoms with Crippen LogP contribution in [0.25, 0.3) is 61.7 Å². The van der Waals surface area contributed by atoms with Gasteiger partial charge >= 0.3 is 0 Å². The zero-order valence-corrected chi connectivity index (χ0v) is 37.6. The number of hydrogen-bond donors (Lipinski definition) is 0. The number of aryl methyl sites for hydroxylation is 5. The summed E-state index contributed by atoms with van der Waals surface area (Å²) in [5.74, 6) is 0.954. The smallest absolute Gasteiger partial charge is 0.145 e. The molecule has 0 bridgehead atoms. The molecule has 0 saturated heterocycles. The molecule has 0 radical (unpaired) electrons. The fourth-order valence-electron chi connectivity index (χ4n) is 8.63. The molecule has 2 nitrogen and oxygen atoms in total. The van der Waals surface area contributed by atoms with E-state index >= 15 is 0 Å². The predicted octanol–water partition coefficient (Wildman–Crippen LogP) is 16.2. The monoisotopic (exact) mass is 777 g/mol. The van der Waals surface area contributed by atoms with Gasteiger partial charge in [-0.15, -0.1) is 0 Å². The summed E-state index contributed by atoms with van der Waals surface area (Å²) in [5.41, 5.74) is 21.0. The molecule has 0 fully saturated rings. The molecule has 0 N–H and O–H groups in total.